The van der Waals surface area contributed by atoms with Crippen LogP contribution in [0.4, 0.5) is 5.69 Å². The molecule has 1 rings (SSSR count). The first-order chi connectivity index (χ1) is 9.45. The summed E-state index contributed by atoms with van der Waals surface area (Å²) in [6, 6.07) is 6.42. The predicted molar refractivity (Wildman–Crippen MR) is 80.8 cm³/mol. The van der Waals surface area contributed by atoms with Crippen LogP contribution < -0.4 is 4.90 Å². The van der Waals surface area contributed by atoms with E-state index < -0.39 is 5.92 Å². The molecule has 0 aliphatic heterocycles. The number of phenols is 1. The zero-order chi connectivity index (χ0) is 15.1. The highest BCUT2D eigenvalue weighted by atomic mass is 16.3. The van der Waals surface area contributed by atoms with Gasteiger partial charge in [0.1, 0.15) is 5.75 Å². The number of carbonyl (C=O) groups excluding carboxylic acids is 1. The SMILES string of the molecule is C=C(C)CCCC(CO)C(=O)N(C)c1ccc(O)cc1. The lowest BCUT2D eigenvalue weighted by molar-refractivity contribution is -0.123. The molecule has 0 aliphatic rings. The summed E-state index contributed by atoms with van der Waals surface area (Å²) in [4.78, 5) is 13.8. The summed E-state index contributed by atoms with van der Waals surface area (Å²) in [6.45, 7) is 5.63. The van der Waals surface area contributed by atoms with Gasteiger partial charge in [0.15, 0.2) is 0 Å². The van der Waals surface area contributed by atoms with E-state index in [-0.39, 0.29) is 18.3 Å². The maximum Gasteiger partial charge on any atom is 0.232 e. The number of hydrogen-bond acceptors (Lipinski definition) is 3. The smallest absolute Gasteiger partial charge is 0.232 e. The molecule has 0 fully saturated rings. The Morgan fingerprint density at radius 1 is 1.35 bits per heavy atom. The van der Waals surface area contributed by atoms with E-state index in [1.165, 1.54) is 17.0 Å². The lowest BCUT2D eigenvalue weighted by atomic mass is 9.99. The largest absolute Gasteiger partial charge is 0.508 e. The van der Waals surface area contributed by atoms with Gasteiger partial charge in [-0.2, -0.15) is 0 Å². The summed E-state index contributed by atoms with van der Waals surface area (Å²) < 4.78 is 0. The summed E-state index contributed by atoms with van der Waals surface area (Å²) >= 11 is 0. The van der Waals surface area contributed by atoms with Crippen LogP contribution in [0.1, 0.15) is 26.2 Å². The van der Waals surface area contributed by atoms with Crippen LogP contribution >= 0.6 is 0 Å². The fourth-order valence-corrected chi connectivity index (χ4v) is 2.02. The zero-order valence-electron chi connectivity index (χ0n) is 12.2. The van der Waals surface area contributed by atoms with E-state index in [0.29, 0.717) is 12.1 Å². The van der Waals surface area contributed by atoms with E-state index in [0.717, 1.165) is 18.4 Å². The molecule has 2 N–H and O–H groups in total. The minimum absolute atomic E-state index is 0.111. The van der Waals surface area contributed by atoms with Crippen LogP contribution in [-0.4, -0.2) is 29.8 Å². The highest BCUT2D eigenvalue weighted by Gasteiger charge is 2.21. The number of aliphatic hydroxyl groups excluding tert-OH is 1. The van der Waals surface area contributed by atoms with Crippen LogP contribution in [0.2, 0.25) is 0 Å². The third-order valence-electron chi connectivity index (χ3n) is 3.29. The van der Waals surface area contributed by atoms with Crippen LogP contribution in [-0.2, 0) is 4.79 Å². The van der Waals surface area contributed by atoms with Gasteiger partial charge in [-0.05, 0) is 50.5 Å². The van der Waals surface area contributed by atoms with Gasteiger partial charge in [0, 0.05) is 12.7 Å². The van der Waals surface area contributed by atoms with Crippen molar-refractivity contribution in [3.8, 4) is 5.75 Å². The van der Waals surface area contributed by atoms with Crippen LogP contribution in [0.15, 0.2) is 36.4 Å². The quantitative estimate of drug-likeness (QED) is 0.753. The number of amides is 1. The highest BCUT2D eigenvalue weighted by Crippen LogP contribution is 2.21. The molecule has 4 nitrogen and oxygen atoms in total. The molecule has 0 aliphatic carbocycles. The molecule has 1 unspecified atom stereocenters. The third kappa shape index (κ3) is 4.70. The van der Waals surface area contributed by atoms with Crippen molar-refractivity contribution in [2.24, 2.45) is 5.92 Å². The van der Waals surface area contributed by atoms with Crippen molar-refractivity contribution >= 4 is 11.6 Å². The van der Waals surface area contributed by atoms with Crippen molar-refractivity contribution in [3.63, 3.8) is 0 Å². The van der Waals surface area contributed by atoms with Gasteiger partial charge in [-0.1, -0.05) is 5.57 Å². The number of phenolic OH excluding ortho intramolecular Hbond substituents is 1. The standard InChI is InChI=1S/C16H23NO3/c1-12(2)5-4-6-13(11-18)16(20)17(3)14-7-9-15(19)10-8-14/h7-10,13,18-19H,1,4-6,11H2,2-3H3. The molecule has 4 heteroatoms. The predicted octanol–water partition coefficient (Wildman–Crippen LogP) is 2.71. The normalized spacial score (nSPS) is 11.9. The molecule has 0 bridgehead atoms. The van der Waals surface area contributed by atoms with Gasteiger partial charge in [-0.3, -0.25) is 4.79 Å². The zero-order valence-corrected chi connectivity index (χ0v) is 12.2. The van der Waals surface area contributed by atoms with Gasteiger partial charge in [-0.25, -0.2) is 0 Å². The van der Waals surface area contributed by atoms with E-state index >= 15 is 0 Å². The number of allylic oxidation sites excluding steroid dienone is 1. The monoisotopic (exact) mass is 277 g/mol. The van der Waals surface area contributed by atoms with Crippen molar-refractivity contribution in [2.45, 2.75) is 26.2 Å². The van der Waals surface area contributed by atoms with E-state index in [1.54, 1.807) is 19.2 Å². The second-order valence-electron chi connectivity index (χ2n) is 5.14. The van der Waals surface area contributed by atoms with Crippen molar-refractivity contribution in [3.05, 3.63) is 36.4 Å². The summed E-state index contributed by atoms with van der Waals surface area (Å²) in [6.07, 6.45) is 2.35. The minimum atomic E-state index is -0.395. The fraction of sp³-hybridized carbons (Fsp3) is 0.438. The van der Waals surface area contributed by atoms with E-state index in [4.69, 9.17) is 0 Å². The Hall–Kier alpha value is -1.81. The fourth-order valence-electron chi connectivity index (χ4n) is 2.02. The molecular formula is C16H23NO3. The molecule has 1 amide bonds. The molecular weight excluding hydrogens is 254 g/mol. The van der Waals surface area contributed by atoms with E-state index in [1.807, 2.05) is 6.92 Å². The van der Waals surface area contributed by atoms with Gasteiger partial charge < -0.3 is 15.1 Å². The van der Waals surface area contributed by atoms with Crippen molar-refractivity contribution in [1.82, 2.24) is 0 Å². The average molecular weight is 277 g/mol. The molecule has 0 saturated heterocycles. The molecule has 1 atom stereocenters. The van der Waals surface area contributed by atoms with Crippen molar-refractivity contribution in [1.29, 1.82) is 0 Å². The molecule has 1 aromatic carbocycles. The molecule has 110 valence electrons. The van der Waals surface area contributed by atoms with Gasteiger partial charge in [0.25, 0.3) is 0 Å². The van der Waals surface area contributed by atoms with Gasteiger partial charge in [-0.15, -0.1) is 6.58 Å². The maximum atomic E-state index is 12.3. The third-order valence-corrected chi connectivity index (χ3v) is 3.29. The van der Waals surface area contributed by atoms with Crippen LogP contribution in [0, 0.1) is 5.92 Å². The Morgan fingerprint density at radius 3 is 2.45 bits per heavy atom. The Bertz CT molecular complexity index is 453. The Balaban J connectivity index is 2.65. The topological polar surface area (TPSA) is 60.8 Å². The number of benzene rings is 1. The Morgan fingerprint density at radius 2 is 1.95 bits per heavy atom. The Kier molecular flexibility index (Phi) is 6.25. The van der Waals surface area contributed by atoms with Gasteiger partial charge in [0.05, 0.1) is 12.5 Å². The number of hydrogen-bond donors (Lipinski definition) is 2. The van der Waals surface area contributed by atoms with Gasteiger partial charge in [0.2, 0.25) is 5.91 Å². The van der Waals surface area contributed by atoms with Crippen LogP contribution in [0.5, 0.6) is 5.75 Å². The summed E-state index contributed by atoms with van der Waals surface area (Å²) in [5, 5.41) is 18.6. The summed E-state index contributed by atoms with van der Waals surface area (Å²) in [5.41, 5.74) is 1.78. The first-order valence-corrected chi connectivity index (χ1v) is 6.77. The van der Waals surface area contributed by atoms with E-state index in [2.05, 4.69) is 6.58 Å². The number of aliphatic hydroxyl groups is 1. The highest BCUT2D eigenvalue weighted by molar-refractivity contribution is 5.94. The Labute approximate surface area is 120 Å². The number of rotatable bonds is 7. The average Bonchev–Trinajstić information content (AvgIpc) is 2.42. The number of aromatic hydroxyl groups is 1. The molecule has 20 heavy (non-hydrogen) atoms. The lowest BCUT2D eigenvalue weighted by Crippen LogP contribution is -2.34. The summed E-state index contributed by atoms with van der Waals surface area (Å²) in [7, 11) is 1.68. The maximum absolute atomic E-state index is 12.3. The molecule has 0 spiro atoms. The van der Waals surface area contributed by atoms with Crippen molar-refractivity contribution < 1.29 is 15.0 Å². The number of nitrogens with zero attached hydrogens (tertiary/aromatic N) is 1. The molecule has 0 radical (unpaired) electrons. The summed E-state index contributed by atoms with van der Waals surface area (Å²) in [5.74, 6) is -0.345. The molecule has 0 heterocycles. The number of carbonyl (C=O) groups is 1. The lowest BCUT2D eigenvalue weighted by Gasteiger charge is -2.22. The second kappa shape index (κ2) is 7.70. The first-order valence-electron chi connectivity index (χ1n) is 6.77. The van der Waals surface area contributed by atoms with Crippen LogP contribution in [0.25, 0.3) is 0 Å². The molecule has 0 aromatic heterocycles. The number of anilines is 1. The molecule has 1 aromatic rings. The minimum Gasteiger partial charge on any atom is -0.508 e. The van der Waals surface area contributed by atoms with E-state index in [9.17, 15) is 15.0 Å². The molecule has 0 saturated carbocycles. The van der Waals surface area contributed by atoms with Crippen LogP contribution in [0.3, 0.4) is 0 Å². The second-order valence-corrected chi connectivity index (χ2v) is 5.14. The first kappa shape index (κ1) is 16.2. The van der Waals surface area contributed by atoms with Gasteiger partial charge >= 0.3 is 0 Å². The van der Waals surface area contributed by atoms with Crippen molar-refractivity contribution in [2.75, 3.05) is 18.6 Å².